The number of fused-ring (bicyclic) bond motifs is 1. The van der Waals surface area contributed by atoms with E-state index in [1.807, 2.05) is 59.4 Å². The average Bonchev–Trinajstić information content (AvgIpc) is 3.49. The third kappa shape index (κ3) is 3.51. The van der Waals surface area contributed by atoms with Crippen LogP contribution in [0.1, 0.15) is 9.67 Å². The molecule has 5 rings (SSSR count). The number of anilines is 4. The van der Waals surface area contributed by atoms with Crippen LogP contribution in [0, 0.1) is 0 Å². The molecule has 0 saturated heterocycles. The fourth-order valence-electron chi connectivity index (χ4n) is 2.99. The van der Waals surface area contributed by atoms with Crippen molar-refractivity contribution in [3.05, 3.63) is 78.1 Å². The van der Waals surface area contributed by atoms with Crippen molar-refractivity contribution in [1.82, 2.24) is 14.4 Å². The Kier molecular flexibility index (Phi) is 4.66. The number of rotatable bonds is 5. The van der Waals surface area contributed by atoms with Crippen molar-refractivity contribution in [2.75, 3.05) is 16.4 Å². The highest BCUT2D eigenvalue weighted by molar-refractivity contribution is 7.20. The summed E-state index contributed by atoms with van der Waals surface area (Å²) in [5, 5.41) is 7.70. The fraction of sp³-hybridized carbons (Fsp3) is 0. The first-order valence-electron chi connectivity index (χ1n) is 9.08. The predicted molar refractivity (Wildman–Crippen MR) is 123 cm³/mol. The molecule has 5 aromatic rings. The minimum atomic E-state index is -0.198. The summed E-state index contributed by atoms with van der Waals surface area (Å²) in [5.74, 6) is -0.198. The van der Waals surface area contributed by atoms with Gasteiger partial charge in [-0.15, -0.1) is 11.3 Å². The standard InChI is InChI=1S/C21H16N6OS2/c22-13-5-1-2-6-14(13)25-20(28)16-8-9-19(29-16)26-21-24-12-17(30-21)15-11-23-18-7-3-4-10-27(15)18/h1-12H,22H2,(H,24,26)(H,25,28). The van der Waals surface area contributed by atoms with Crippen LogP contribution in [-0.4, -0.2) is 20.3 Å². The van der Waals surface area contributed by atoms with Gasteiger partial charge in [-0.3, -0.25) is 9.20 Å². The lowest BCUT2D eigenvalue weighted by Crippen LogP contribution is -2.11. The molecule has 7 nitrogen and oxygen atoms in total. The number of nitrogen functional groups attached to an aromatic ring is 1. The molecule has 0 radical (unpaired) electrons. The lowest BCUT2D eigenvalue weighted by atomic mass is 10.2. The van der Waals surface area contributed by atoms with Gasteiger partial charge in [-0.05, 0) is 36.4 Å². The first-order valence-corrected chi connectivity index (χ1v) is 10.7. The van der Waals surface area contributed by atoms with Crippen LogP contribution in [0.2, 0.25) is 0 Å². The smallest absolute Gasteiger partial charge is 0.265 e. The first kappa shape index (κ1) is 18.3. The fourth-order valence-corrected chi connectivity index (χ4v) is 4.69. The SMILES string of the molecule is Nc1ccccc1NC(=O)c1ccc(Nc2ncc(-c3cnc4ccccn34)s2)s1. The van der Waals surface area contributed by atoms with E-state index in [4.69, 9.17) is 5.73 Å². The summed E-state index contributed by atoms with van der Waals surface area (Å²) in [6, 6.07) is 16.7. The monoisotopic (exact) mass is 432 g/mol. The summed E-state index contributed by atoms with van der Waals surface area (Å²) in [7, 11) is 0. The zero-order chi connectivity index (χ0) is 20.5. The van der Waals surface area contributed by atoms with Gasteiger partial charge in [0.1, 0.15) is 5.65 Å². The minimum Gasteiger partial charge on any atom is -0.397 e. The van der Waals surface area contributed by atoms with Crippen molar-refractivity contribution in [3.63, 3.8) is 0 Å². The van der Waals surface area contributed by atoms with Gasteiger partial charge in [0.15, 0.2) is 5.13 Å². The van der Waals surface area contributed by atoms with E-state index in [0.29, 0.717) is 16.3 Å². The van der Waals surface area contributed by atoms with Gasteiger partial charge in [-0.25, -0.2) is 9.97 Å². The number of pyridine rings is 1. The lowest BCUT2D eigenvalue weighted by molar-refractivity contribution is 0.103. The Hall–Kier alpha value is -3.69. The van der Waals surface area contributed by atoms with Crippen molar-refractivity contribution in [2.45, 2.75) is 0 Å². The third-order valence-corrected chi connectivity index (χ3v) is 6.38. The molecule has 4 N–H and O–H groups in total. The van der Waals surface area contributed by atoms with Gasteiger partial charge in [0.2, 0.25) is 0 Å². The normalized spacial score (nSPS) is 10.9. The van der Waals surface area contributed by atoms with E-state index in [0.717, 1.165) is 26.4 Å². The molecular formula is C21H16N6OS2. The van der Waals surface area contributed by atoms with E-state index in [2.05, 4.69) is 20.6 Å². The molecule has 4 aromatic heterocycles. The van der Waals surface area contributed by atoms with Crippen LogP contribution in [0.15, 0.2) is 73.2 Å². The Morgan fingerprint density at radius 1 is 0.967 bits per heavy atom. The maximum Gasteiger partial charge on any atom is 0.265 e. The van der Waals surface area contributed by atoms with Crippen LogP contribution in [0.5, 0.6) is 0 Å². The minimum absolute atomic E-state index is 0.198. The van der Waals surface area contributed by atoms with E-state index in [1.165, 1.54) is 22.7 Å². The Labute approximate surface area is 179 Å². The molecule has 0 aliphatic rings. The van der Waals surface area contributed by atoms with Crippen molar-refractivity contribution >= 4 is 55.7 Å². The van der Waals surface area contributed by atoms with Crippen LogP contribution >= 0.6 is 22.7 Å². The molecule has 1 amide bonds. The largest absolute Gasteiger partial charge is 0.397 e. The number of carbonyl (C=O) groups excluding carboxylic acids is 1. The van der Waals surface area contributed by atoms with Gasteiger partial charge >= 0.3 is 0 Å². The van der Waals surface area contributed by atoms with E-state index in [1.54, 1.807) is 18.2 Å². The summed E-state index contributed by atoms with van der Waals surface area (Å²) < 4.78 is 2.03. The molecule has 148 valence electrons. The Balaban J connectivity index is 1.31. The molecule has 0 saturated carbocycles. The van der Waals surface area contributed by atoms with E-state index < -0.39 is 0 Å². The average molecular weight is 433 g/mol. The maximum atomic E-state index is 12.5. The number of thiazole rings is 1. The summed E-state index contributed by atoms with van der Waals surface area (Å²) in [6.45, 7) is 0. The van der Waals surface area contributed by atoms with Crippen LogP contribution in [-0.2, 0) is 0 Å². The van der Waals surface area contributed by atoms with Gasteiger partial charge in [-0.2, -0.15) is 0 Å². The van der Waals surface area contributed by atoms with E-state index in [9.17, 15) is 4.79 Å². The Bertz CT molecular complexity index is 1350. The molecule has 0 aliphatic carbocycles. The van der Waals surface area contributed by atoms with Gasteiger partial charge in [0, 0.05) is 12.4 Å². The van der Waals surface area contributed by atoms with Gasteiger partial charge in [0.05, 0.1) is 38.0 Å². The number of aromatic nitrogens is 3. The van der Waals surface area contributed by atoms with E-state index >= 15 is 0 Å². The highest BCUT2D eigenvalue weighted by Gasteiger charge is 2.13. The molecule has 9 heteroatoms. The summed E-state index contributed by atoms with van der Waals surface area (Å²) in [5.41, 5.74) is 8.91. The second-order valence-corrected chi connectivity index (χ2v) is 8.55. The second-order valence-electron chi connectivity index (χ2n) is 6.43. The number of para-hydroxylation sites is 2. The predicted octanol–water partition coefficient (Wildman–Crippen LogP) is 5.10. The molecule has 0 spiro atoms. The number of nitrogens with two attached hydrogens (primary N) is 1. The molecule has 1 aromatic carbocycles. The molecule has 30 heavy (non-hydrogen) atoms. The van der Waals surface area contributed by atoms with Gasteiger partial charge in [0.25, 0.3) is 5.91 Å². The van der Waals surface area contributed by atoms with Crippen molar-refractivity contribution in [1.29, 1.82) is 0 Å². The lowest BCUT2D eigenvalue weighted by Gasteiger charge is -2.06. The number of hydrogen-bond donors (Lipinski definition) is 3. The highest BCUT2D eigenvalue weighted by Crippen LogP contribution is 2.33. The number of nitrogens with zero attached hydrogens (tertiary/aromatic N) is 3. The van der Waals surface area contributed by atoms with E-state index in [-0.39, 0.29) is 5.91 Å². The molecule has 0 unspecified atom stereocenters. The molecular weight excluding hydrogens is 416 g/mol. The number of nitrogens with one attached hydrogen (secondary N) is 2. The van der Waals surface area contributed by atoms with Gasteiger partial charge in [-0.1, -0.05) is 29.5 Å². The van der Waals surface area contributed by atoms with Crippen LogP contribution < -0.4 is 16.4 Å². The van der Waals surface area contributed by atoms with Gasteiger partial charge < -0.3 is 16.4 Å². The second kappa shape index (κ2) is 7.62. The number of carbonyl (C=O) groups is 1. The summed E-state index contributed by atoms with van der Waals surface area (Å²) >= 11 is 2.88. The molecule has 0 fully saturated rings. The van der Waals surface area contributed by atoms with Crippen LogP contribution in [0.4, 0.5) is 21.5 Å². The van der Waals surface area contributed by atoms with Crippen LogP contribution in [0.3, 0.4) is 0 Å². The Morgan fingerprint density at radius 2 is 1.83 bits per heavy atom. The van der Waals surface area contributed by atoms with Crippen molar-refractivity contribution < 1.29 is 4.79 Å². The van der Waals surface area contributed by atoms with Crippen LogP contribution in [0.25, 0.3) is 16.2 Å². The van der Waals surface area contributed by atoms with Crippen molar-refractivity contribution in [2.24, 2.45) is 0 Å². The van der Waals surface area contributed by atoms with Crippen molar-refractivity contribution in [3.8, 4) is 10.6 Å². The molecule has 4 heterocycles. The molecule has 0 bridgehead atoms. The highest BCUT2D eigenvalue weighted by atomic mass is 32.1. The molecule has 0 aliphatic heterocycles. The third-order valence-electron chi connectivity index (χ3n) is 4.44. The quantitative estimate of drug-likeness (QED) is 0.336. The number of benzene rings is 1. The summed E-state index contributed by atoms with van der Waals surface area (Å²) in [6.07, 6.45) is 5.65. The topological polar surface area (TPSA) is 97.3 Å². The number of hydrogen-bond acceptors (Lipinski definition) is 7. The number of amides is 1. The number of imidazole rings is 1. The summed E-state index contributed by atoms with van der Waals surface area (Å²) in [4.78, 5) is 23.0. The zero-order valence-electron chi connectivity index (χ0n) is 15.6. The zero-order valence-corrected chi connectivity index (χ0v) is 17.2. The number of thiophene rings is 1. The first-order chi connectivity index (χ1) is 14.7. The maximum absolute atomic E-state index is 12.5. The Morgan fingerprint density at radius 3 is 2.73 bits per heavy atom. The molecule has 0 atom stereocenters.